The Morgan fingerprint density at radius 3 is 2.75 bits per heavy atom. The van der Waals surface area contributed by atoms with E-state index in [-0.39, 0.29) is 17.5 Å². The Bertz CT molecular complexity index is 441. The van der Waals surface area contributed by atoms with Crippen LogP contribution in [0.25, 0.3) is 0 Å². The monoisotopic (exact) mass is 279 g/mol. The van der Waals surface area contributed by atoms with Gasteiger partial charge in [0, 0.05) is 11.7 Å². The molecule has 5 heteroatoms. The normalized spacial score (nSPS) is 12.7. The highest BCUT2D eigenvalue weighted by molar-refractivity contribution is 5.84. The zero-order chi connectivity index (χ0) is 15.2. The van der Waals surface area contributed by atoms with E-state index in [1.807, 2.05) is 39.8 Å². The molecule has 0 fully saturated rings. The van der Waals surface area contributed by atoms with E-state index in [2.05, 4.69) is 15.6 Å². The first kappa shape index (κ1) is 16.3. The third kappa shape index (κ3) is 5.47. The van der Waals surface area contributed by atoms with Gasteiger partial charge in [-0.1, -0.05) is 6.92 Å². The van der Waals surface area contributed by atoms with E-state index in [0.717, 1.165) is 6.42 Å². The summed E-state index contributed by atoms with van der Waals surface area (Å²) in [6.45, 7) is 10.3. The van der Waals surface area contributed by atoms with Crippen LogP contribution in [0.5, 0.6) is 5.75 Å². The highest BCUT2D eigenvalue weighted by atomic mass is 16.5. The lowest BCUT2D eigenvalue weighted by atomic mass is 10.1. The molecule has 1 aromatic rings. The maximum absolute atomic E-state index is 12.0. The number of rotatable bonds is 6. The first-order valence-electron chi connectivity index (χ1n) is 7.00. The number of anilines is 1. The molecule has 5 nitrogen and oxygen atoms in total. The molecule has 1 heterocycles. The number of ether oxygens (including phenoxy) is 1. The van der Waals surface area contributed by atoms with E-state index in [1.165, 1.54) is 0 Å². The van der Waals surface area contributed by atoms with Crippen molar-refractivity contribution in [3.8, 4) is 5.75 Å². The van der Waals surface area contributed by atoms with E-state index < -0.39 is 0 Å². The highest BCUT2D eigenvalue weighted by Crippen LogP contribution is 2.21. The van der Waals surface area contributed by atoms with Crippen molar-refractivity contribution in [2.75, 3.05) is 11.9 Å². The maximum Gasteiger partial charge on any atom is 0.242 e. The average molecular weight is 279 g/mol. The number of hydrogen-bond acceptors (Lipinski definition) is 4. The zero-order valence-corrected chi connectivity index (χ0v) is 13.0. The predicted molar refractivity (Wildman–Crippen MR) is 81.0 cm³/mol. The quantitative estimate of drug-likeness (QED) is 0.840. The summed E-state index contributed by atoms with van der Waals surface area (Å²) < 4.78 is 5.61. The first-order chi connectivity index (χ1) is 9.33. The molecule has 112 valence electrons. The van der Waals surface area contributed by atoms with Crippen molar-refractivity contribution in [2.24, 2.45) is 0 Å². The molecule has 0 aliphatic heterocycles. The van der Waals surface area contributed by atoms with Crippen LogP contribution in [0.4, 0.5) is 5.82 Å². The fourth-order valence-corrected chi connectivity index (χ4v) is 1.58. The molecule has 0 spiro atoms. The number of nitrogens with one attached hydrogen (secondary N) is 2. The second kappa shape index (κ2) is 7.12. The van der Waals surface area contributed by atoms with Crippen molar-refractivity contribution in [3.63, 3.8) is 0 Å². The Hall–Kier alpha value is -1.78. The van der Waals surface area contributed by atoms with Gasteiger partial charge < -0.3 is 15.4 Å². The van der Waals surface area contributed by atoms with Gasteiger partial charge in [0.25, 0.3) is 0 Å². The third-order valence-electron chi connectivity index (χ3n) is 2.48. The molecular formula is C15H25N3O2. The van der Waals surface area contributed by atoms with Crippen molar-refractivity contribution in [1.82, 2.24) is 10.3 Å². The van der Waals surface area contributed by atoms with Crippen LogP contribution in [-0.2, 0) is 4.79 Å². The van der Waals surface area contributed by atoms with Gasteiger partial charge in [-0.15, -0.1) is 0 Å². The molecule has 20 heavy (non-hydrogen) atoms. The van der Waals surface area contributed by atoms with Crippen LogP contribution in [0.2, 0.25) is 0 Å². The smallest absolute Gasteiger partial charge is 0.242 e. The standard InChI is InChI=1S/C15H25N3O2/c1-6-10-20-12-8-7-9-16-13(12)17-11(2)14(19)18-15(3,4)5/h7-9,11H,6,10H2,1-5H3,(H,16,17)(H,18,19). The molecule has 1 unspecified atom stereocenters. The van der Waals surface area contributed by atoms with Crippen molar-refractivity contribution in [2.45, 2.75) is 52.6 Å². The summed E-state index contributed by atoms with van der Waals surface area (Å²) >= 11 is 0. The van der Waals surface area contributed by atoms with Crippen LogP contribution in [-0.4, -0.2) is 29.1 Å². The van der Waals surface area contributed by atoms with Gasteiger partial charge >= 0.3 is 0 Å². The Balaban J connectivity index is 2.70. The Morgan fingerprint density at radius 1 is 1.45 bits per heavy atom. The first-order valence-corrected chi connectivity index (χ1v) is 7.00. The summed E-state index contributed by atoms with van der Waals surface area (Å²) in [5.41, 5.74) is -0.251. The topological polar surface area (TPSA) is 63.2 Å². The Kier molecular flexibility index (Phi) is 5.80. The molecule has 2 N–H and O–H groups in total. The van der Waals surface area contributed by atoms with E-state index in [9.17, 15) is 4.79 Å². The zero-order valence-electron chi connectivity index (χ0n) is 13.0. The van der Waals surface area contributed by atoms with Gasteiger partial charge in [-0.2, -0.15) is 0 Å². The molecule has 0 radical (unpaired) electrons. The molecule has 1 rings (SSSR count). The molecule has 0 aliphatic carbocycles. The minimum Gasteiger partial charge on any atom is -0.490 e. The summed E-state index contributed by atoms with van der Waals surface area (Å²) in [7, 11) is 0. The van der Waals surface area contributed by atoms with Crippen LogP contribution in [0.1, 0.15) is 41.0 Å². The van der Waals surface area contributed by atoms with E-state index in [0.29, 0.717) is 18.2 Å². The lowest BCUT2D eigenvalue weighted by molar-refractivity contribution is -0.122. The lowest BCUT2D eigenvalue weighted by Gasteiger charge is -2.24. The van der Waals surface area contributed by atoms with Crippen molar-refractivity contribution in [1.29, 1.82) is 0 Å². The van der Waals surface area contributed by atoms with Gasteiger partial charge in [0.1, 0.15) is 6.04 Å². The van der Waals surface area contributed by atoms with Gasteiger partial charge in [0.05, 0.1) is 6.61 Å². The maximum atomic E-state index is 12.0. The number of carbonyl (C=O) groups is 1. The van der Waals surface area contributed by atoms with Crippen molar-refractivity contribution < 1.29 is 9.53 Å². The number of nitrogens with zero attached hydrogens (tertiary/aromatic N) is 1. The Morgan fingerprint density at radius 2 is 2.15 bits per heavy atom. The largest absolute Gasteiger partial charge is 0.490 e. The summed E-state index contributed by atoms with van der Waals surface area (Å²) in [4.78, 5) is 16.3. The second-order valence-corrected chi connectivity index (χ2v) is 5.80. The number of aromatic nitrogens is 1. The summed E-state index contributed by atoms with van der Waals surface area (Å²) in [6, 6.07) is 3.28. The SMILES string of the molecule is CCCOc1cccnc1NC(C)C(=O)NC(C)(C)C. The van der Waals surface area contributed by atoms with Gasteiger partial charge in [0.15, 0.2) is 11.6 Å². The number of amides is 1. The summed E-state index contributed by atoms with van der Waals surface area (Å²) in [5, 5.41) is 6.03. The highest BCUT2D eigenvalue weighted by Gasteiger charge is 2.20. The van der Waals surface area contributed by atoms with Crippen LogP contribution < -0.4 is 15.4 Å². The van der Waals surface area contributed by atoms with Gasteiger partial charge in [-0.3, -0.25) is 4.79 Å². The van der Waals surface area contributed by atoms with Gasteiger partial charge in [-0.25, -0.2) is 4.98 Å². The fourth-order valence-electron chi connectivity index (χ4n) is 1.58. The molecule has 0 saturated carbocycles. The molecule has 0 bridgehead atoms. The third-order valence-corrected chi connectivity index (χ3v) is 2.48. The number of pyridine rings is 1. The molecule has 1 atom stereocenters. The number of hydrogen-bond donors (Lipinski definition) is 2. The van der Waals surface area contributed by atoms with E-state index in [1.54, 1.807) is 13.1 Å². The minimum atomic E-state index is -0.381. The lowest BCUT2D eigenvalue weighted by Crippen LogP contribution is -2.47. The molecule has 1 aromatic heterocycles. The van der Waals surface area contributed by atoms with Crippen molar-refractivity contribution >= 4 is 11.7 Å². The van der Waals surface area contributed by atoms with Crippen LogP contribution >= 0.6 is 0 Å². The van der Waals surface area contributed by atoms with E-state index >= 15 is 0 Å². The van der Waals surface area contributed by atoms with Crippen LogP contribution in [0, 0.1) is 0 Å². The Labute approximate surface area is 121 Å². The average Bonchev–Trinajstić information content (AvgIpc) is 2.35. The summed E-state index contributed by atoms with van der Waals surface area (Å²) in [6.07, 6.45) is 2.60. The molecule has 1 amide bonds. The summed E-state index contributed by atoms with van der Waals surface area (Å²) in [5.74, 6) is 1.20. The minimum absolute atomic E-state index is 0.0652. The number of carbonyl (C=O) groups excluding carboxylic acids is 1. The molecule has 0 aliphatic rings. The van der Waals surface area contributed by atoms with E-state index in [4.69, 9.17) is 4.74 Å². The van der Waals surface area contributed by atoms with Gasteiger partial charge in [0.2, 0.25) is 5.91 Å². The second-order valence-electron chi connectivity index (χ2n) is 5.80. The van der Waals surface area contributed by atoms with Crippen LogP contribution in [0.3, 0.4) is 0 Å². The van der Waals surface area contributed by atoms with Gasteiger partial charge in [-0.05, 0) is 46.2 Å². The predicted octanol–water partition coefficient (Wildman–Crippen LogP) is 2.59. The molecule has 0 aromatic carbocycles. The fraction of sp³-hybridized carbons (Fsp3) is 0.600. The van der Waals surface area contributed by atoms with Crippen LogP contribution in [0.15, 0.2) is 18.3 Å². The molecule has 0 saturated heterocycles. The molecular weight excluding hydrogens is 254 g/mol. The van der Waals surface area contributed by atoms with Crippen molar-refractivity contribution in [3.05, 3.63) is 18.3 Å².